The van der Waals surface area contributed by atoms with Crippen molar-refractivity contribution in [3.8, 4) is 0 Å². The number of carbonyl (C=O) groups excluding carboxylic acids is 1. The third-order valence-corrected chi connectivity index (χ3v) is 4.49. The number of aromatic amines is 2. The Labute approximate surface area is 140 Å². The zero-order valence-electron chi connectivity index (χ0n) is 10.3. The Morgan fingerprint density at radius 2 is 1.67 bits per heavy atom. The van der Waals surface area contributed by atoms with Crippen LogP contribution in [0.2, 0.25) is 5.02 Å². The SMILES string of the molecule is O=C(c1ccc(Br)cc1Cl)c1cc2[nH]c(=O)[nH]c2cc1Br. The number of fused-ring (bicyclic) bond motifs is 1. The average Bonchev–Trinajstić information content (AvgIpc) is 2.76. The Balaban J connectivity index is 2.16. The van der Waals surface area contributed by atoms with Gasteiger partial charge in [0.2, 0.25) is 0 Å². The molecule has 3 aromatic rings. The van der Waals surface area contributed by atoms with Gasteiger partial charge in [-0.3, -0.25) is 4.79 Å². The molecule has 3 rings (SSSR count). The third kappa shape index (κ3) is 2.71. The molecule has 0 aliphatic heterocycles. The van der Waals surface area contributed by atoms with Gasteiger partial charge in [0.1, 0.15) is 0 Å². The monoisotopic (exact) mass is 428 g/mol. The maximum absolute atomic E-state index is 12.6. The molecule has 0 unspecified atom stereocenters. The normalized spacial score (nSPS) is 11.0. The summed E-state index contributed by atoms with van der Waals surface area (Å²) in [6, 6.07) is 8.39. The number of aromatic nitrogens is 2. The first-order valence-corrected chi connectivity index (χ1v) is 7.83. The molecule has 2 N–H and O–H groups in total. The smallest absolute Gasteiger partial charge is 0.306 e. The van der Waals surface area contributed by atoms with Crippen LogP contribution in [-0.4, -0.2) is 15.8 Å². The summed E-state index contributed by atoms with van der Waals surface area (Å²) in [4.78, 5) is 29.2. The van der Waals surface area contributed by atoms with Crippen LogP contribution < -0.4 is 5.69 Å². The summed E-state index contributed by atoms with van der Waals surface area (Å²) in [5, 5.41) is 0.365. The summed E-state index contributed by atoms with van der Waals surface area (Å²) >= 11 is 12.8. The Morgan fingerprint density at radius 1 is 1.00 bits per heavy atom. The van der Waals surface area contributed by atoms with Crippen molar-refractivity contribution in [1.82, 2.24) is 9.97 Å². The van der Waals surface area contributed by atoms with Crippen molar-refractivity contribution in [2.24, 2.45) is 0 Å². The fraction of sp³-hybridized carbons (Fsp3) is 0. The maximum Gasteiger partial charge on any atom is 0.323 e. The van der Waals surface area contributed by atoms with Crippen LogP contribution in [0.15, 0.2) is 44.1 Å². The zero-order valence-corrected chi connectivity index (χ0v) is 14.3. The van der Waals surface area contributed by atoms with Crippen molar-refractivity contribution < 1.29 is 4.79 Å². The number of hydrogen-bond acceptors (Lipinski definition) is 2. The summed E-state index contributed by atoms with van der Waals surface area (Å²) in [5.74, 6) is -0.219. The standard InChI is InChI=1S/C14H7Br2ClN2O2/c15-6-1-2-7(10(17)3-6)13(20)8-4-11-12(5-9(8)16)19-14(21)18-11/h1-5H,(H2,18,19,21). The molecule has 1 heterocycles. The molecule has 0 spiro atoms. The van der Waals surface area contributed by atoms with E-state index in [0.717, 1.165) is 4.47 Å². The van der Waals surface area contributed by atoms with Crippen molar-refractivity contribution >= 4 is 60.3 Å². The van der Waals surface area contributed by atoms with Crippen LogP contribution in [0.25, 0.3) is 11.0 Å². The molecule has 0 aliphatic rings. The Hall–Kier alpha value is -1.37. The van der Waals surface area contributed by atoms with Gasteiger partial charge < -0.3 is 9.97 Å². The minimum absolute atomic E-state index is 0.219. The summed E-state index contributed by atoms with van der Waals surface area (Å²) in [7, 11) is 0. The lowest BCUT2D eigenvalue weighted by molar-refractivity contribution is 0.103. The summed E-state index contributed by atoms with van der Waals surface area (Å²) in [5.41, 5.74) is 1.72. The maximum atomic E-state index is 12.6. The second-order valence-electron chi connectivity index (χ2n) is 4.41. The number of benzene rings is 2. The van der Waals surface area contributed by atoms with Gasteiger partial charge >= 0.3 is 5.69 Å². The predicted octanol–water partition coefficient (Wildman–Crippen LogP) is 4.27. The van der Waals surface area contributed by atoms with Crippen LogP contribution in [-0.2, 0) is 0 Å². The van der Waals surface area contributed by atoms with Crippen molar-refractivity contribution in [3.05, 3.63) is 65.9 Å². The number of hydrogen-bond donors (Lipinski definition) is 2. The van der Waals surface area contributed by atoms with Gasteiger partial charge in [-0.2, -0.15) is 0 Å². The second kappa shape index (κ2) is 5.44. The highest BCUT2D eigenvalue weighted by molar-refractivity contribution is 9.10. The molecule has 0 saturated heterocycles. The number of ketones is 1. The van der Waals surface area contributed by atoms with Crippen molar-refractivity contribution in [2.45, 2.75) is 0 Å². The summed E-state index contributed by atoms with van der Waals surface area (Å²) in [6.45, 7) is 0. The number of rotatable bonds is 2. The van der Waals surface area contributed by atoms with E-state index in [0.29, 0.717) is 31.7 Å². The Kier molecular flexibility index (Phi) is 3.77. The molecule has 0 amide bonds. The predicted molar refractivity (Wildman–Crippen MR) is 89.2 cm³/mol. The first-order chi connectivity index (χ1) is 9.95. The van der Waals surface area contributed by atoms with Gasteiger partial charge in [0.05, 0.1) is 16.1 Å². The molecule has 106 valence electrons. The van der Waals surface area contributed by atoms with E-state index in [1.807, 2.05) is 0 Å². The summed E-state index contributed by atoms with van der Waals surface area (Å²) < 4.78 is 1.39. The molecule has 0 atom stereocenters. The van der Waals surface area contributed by atoms with Gasteiger partial charge in [0.15, 0.2) is 5.78 Å². The molecule has 7 heteroatoms. The second-order valence-corrected chi connectivity index (χ2v) is 6.59. The van der Waals surface area contributed by atoms with E-state index in [4.69, 9.17) is 11.6 Å². The van der Waals surface area contributed by atoms with Crippen LogP contribution in [0, 0.1) is 0 Å². The van der Waals surface area contributed by atoms with Crippen LogP contribution in [0.4, 0.5) is 0 Å². The number of nitrogens with one attached hydrogen (secondary N) is 2. The van der Waals surface area contributed by atoms with Crippen LogP contribution >= 0.6 is 43.5 Å². The van der Waals surface area contributed by atoms with Gasteiger partial charge in [-0.25, -0.2) is 4.79 Å². The van der Waals surface area contributed by atoms with Crippen LogP contribution in [0.1, 0.15) is 15.9 Å². The molecule has 1 aromatic heterocycles. The lowest BCUT2D eigenvalue weighted by Crippen LogP contribution is -2.03. The molecular weight excluding hydrogens is 423 g/mol. The first-order valence-electron chi connectivity index (χ1n) is 5.87. The first kappa shape index (κ1) is 14.6. The molecule has 0 saturated carbocycles. The highest BCUT2D eigenvalue weighted by Gasteiger charge is 2.17. The molecule has 4 nitrogen and oxygen atoms in total. The quantitative estimate of drug-likeness (QED) is 0.597. The van der Waals surface area contributed by atoms with Crippen molar-refractivity contribution in [1.29, 1.82) is 0 Å². The molecule has 0 bridgehead atoms. The molecule has 0 aliphatic carbocycles. The van der Waals surface area contributed by atoms with E-state index in [-0.39, 0.29) is 11.5 Å². The van der Waals surface area contributed by atoms with E-state index in [9.17, 15) is 9.59 Å². The van der Waals surface area contributed by atoms with Crippen LogP contribution in [0.3, 0.4) is 0 Å². The summed E-state index contributed by atoms with van der Waals surface area (Å²) in [6.07, 6.45) is 0. The van der Waals surface area contributed by atoms with Gasteiger partial charge in [0, 0.05) is 20.1 Å². The fourth-order valence-corrected chi connectivity index (χ4v) is 3.33. The van der Waals surface area contributed by atoms with Crippen LogP contribution in [0.5, 0.6) is 0 Å². The van der Waals surface area contributed by atoms with Gasteiger partial charge in [0.25, 0.3) is 0 Å². The van der Waals surface area contributed by atoms with E-state index in [2.05, 4.69) is 41.8 Å². The minimum atomic E-state index is -0.317. The number of carbonyl (C=O) groups is 1. The highest BCUT2D eigenvalue weighted by atomic mass is 79.9. The lowest BCUT2D eigenvalue weighted by Gasteiger charge is -2.06. The fourth-order valence-electron chi connectivity index (χ4n) is 2.05. The van der Waals surface area contributed by atoms with Crippen molar-refractivity contribution in [3.63, 3.8) is 0 Å². The minimum Gasteiger partial charge on any atom is -0.306 e. The molecule has 21 heavy (non-hydrogen) atoms. The number of H-pyrrole nitrogens is 2. The third-order valence-electron chi connectivity index (χ3n) is 3.02. The molecule has 2 aromatic carbocycles. The molecule has 0 fully saturated rings. The Morgan fingerprint density at radius 3 is 2.33 bits per heavy atom. The number of imidazole rings is 1. The zero-order chi connectivity index (χ0) is 15.1. The van der Waals surface area contributed by atoms with Gasteiger partial charge in [-0.1, -0.05) is 27.5 Å². The molecular formula is C14H7Br2ClN2O2. The van der Waals surface area contributed by atoms with Gasteiger partial charge in [-0.05, 0) is 46.3 Å². The van der Waals surface area contributed by atoms with Crippen molar-refractivity contribution in [2.75, 3.05) is 0 Å². The van der Waals surface area contributed by atoms with E-state index in [1.165, 1.54) is 0 Å². The Bertz CT molecular complexity index is 930. The lowest BCUT2D eigenvalue weighted by atomic mass is 10.0. The average molecular weight is 430 g/mol. The van der Waals surface area contributed by atoms with E-state index >= 15 is 0 Å². The van der Waals surface area contributed by atoms with Gasteiger partial charge in [-0.15, -0.1) is 0 Å². The van der Waals surface area contributed by atoms with E-state index < -0.39 is 0 Å². The molecule has 0 radical (unpaired) electrons. The highest BCUT2D eigenvalue weighted by Crippen LogP contribution is 2.28. The largest absolute Gasteiger partial charge is 0.323 e. The number of halogens is 3. The topological polar surface area (TPSA) is 65.7 Å². The van der Waals surface area contributed by atoms with E-state index in [1.54, 1.807) is 30.3 Å².